The normalized spacial score (nSPS) is 18.1. The summed E-state index contributed by atoms with van der Waals surface area (Å²) < 4.78 is 0. The lowest BCUT2D eigenvalue weighted by Gasteiger charge is -2.21. The molecule has 1 N–H and O–H groups in total. The van der Waals surface area contributed by atoms with Crippen LogP contribution in [0.15, 0.2) is 65.4 Å². The molecule has 1 aliphatic heterocycles. The predicted octanol–water partition coefficient (Wildman–Crippen LogP) is 6.21. The quantitative estimate of drug-likeness (QED) is 0.330. The van der Waals surface area contributed by atoms with Crippen LogP contribution in [0.3, 0.4) is 0 Å². The van der Waals surface area contributed by atoms with Gasteiger partial charge in [0.25, 0.3) is 0 Å². The summed E-state index contributed by atoms with van der Waals surface area (Å²) in [4.78, 5) is 35.5. The van der Waals surface area contributed by atoms with E-state index in [-0.39, 0.29) is 17.7 Å². The number of thioether (sulfide) groups is 1. The van der Waals surface area contributed by atoms with Crippen molar-refractivity contribution in [1.82, 2.24) is 9.97 Å². The second-order valence-electron chi connectivity index (χ2n) is 7.25. The van der Waals surface area contributed by atoms with E-state index in [1.807, 2.05) is 65.4 Å². The molecule has 0 bridgehead atoms. The zero-order valence-electron chi connectivity index (χ0n) is 16.9. The Morgan fingerprint density at radius 3 is 2.45 bits per heavy atom. The molecule has 3 heterocycles. The molecule has 166 valence electrons. The molecule has 10 heteroatoms. The number of halogens is 1. The number of hydrogen-bond donors (Lipinski definition) is 1. The maximum Gasteiger partial charge on any atom is 0.305 e. The summed E-state index contributed by atoms with van der Waals surface area (Å²) in [7, 11) is 0. The minimum atomic E-state index is -0.994. The van der Waals surface area contributed by atoms with Gasteiger partial charge in [-0.15, -0.1) is 34.4 Å². The van der Waals surface area contributed by atoms with Crippen LogP contribution in [0, 0.1) is 0 Å². The minimum Gasteiger partial charge on any atom is -0.481 e. The molecular weight excluding hydrogens is 498 g/mol. The van der Waals surface area contributed by atoms with E-state index in [0.717, 1.165) is 21.8 Å². The number of anilines is 1. The van der Waals surface area contributed by atoms with E-state index in [0.29, 0.717) is 15.8 Å². The molecule has 0 spiro atoms. The number of hydrogen-bond acceptors (Lipinski definition) is 7. The first-order valence-corrected chi connectivity index (χ1v) is 13.0. The van der Waals surface area contributed by atoms with Crippen molar-refractivity contribution in [1.29, 1.82) is 0 Å². The fourth-order valence-electron chi connectivity index (χ4n) is 3.50. The largest absolute Gasteiger partial charge is 0.481 e. The van der Waals surface area contributed by atoms with E-state index in [1.54, 1.807) is 4.90 Å². The highest BCUT2D eigenvalue weighted by molar-refractivity contribution is 8.01. The van der Waals surface area contributed by atoms with E-state index >= 15 is 0 Å². The molecule has 0 radical (unpaired) electrons. The first kappa shape index (κ1) is 22.1. The molecule has 33 heavy (non-hydrogen) atoms. The smallest absolute Gasteiger partial charge is 0.305 e. The van der Waals surface area contributed by atoms with Crippen LogP contribution in [0.25, 0.3) is 22.0 Å². The number of benzene rings is 2. The lowest BCUT2D eigenvalue weighted by atomic mass is 10.2. The number of aliphatic carboxylic acids is 1. The fourth-order valence-corrected chi connectivity index (χ4v) is 6.81. The van der Waals surface area contributed by atoms with E-state index in [4.69, 9.17) is 21.6 Å². The first-order valence-electron chi connectivity index (χ1n) is 9.92. The van der Waals surface area contributed by atoms with Crippen molar-refractivity contribution in [2.45, 2.75) is 17.0 Å². The third kappa shape index (κ3) is 4.54. The molecular formula is C23H16ClN3O3S3. The topological polar surface area (TPSA) is 83.4 Å². The Hall–Kier alpha value is -2.72. The van der Waals surface area contributed by atoms with Gasteiger partial charge >= 0.3 is 5.97 Å². The summed E-state index contributed by atoms with van der Waals surface area (Å²) >= 11 is 10.2. The van der Waals surface area contributed by atoms with Gasteiger partial charge in [0.05, 0.1) is 17.4 Å². The zero-order valence-corrected chi connectivity index (χ0v) is 20.1. The molecule has 5 rings (SSSR count). The average molecular weight is 514 g/mol. The highest BCUT2D eigenvalue weighted by Crippen LogP contribution is 2.48. The number of carboxylic acid groups (broad SMARTS) is 1. The van der Waals surface area contributed by atoms with Crippen LogP contribution in [0.5, 0.6) is 0 Å². The summed E-state index contributed by atoms with van der Waals surface area (Å²) in [6.45, 7) is 0. The number of rotatable bonds is 6. The standard InChI is InChI=1S/C23H16ClN3O3S3/c24-15-8-6-13(7-9-15)16-11-31-20(25-16)17-12-32-23(26-17)27-21(30)18(10-19(28)29)33-22(27)14-4-2-1-3-5-14/h1-9,11-12,18,22H,10H2,(H,28,29). The predicted molar refractivity (Wildman–Crippen MR) is 134 cm³/mol. The van der Waals surface area contributed by atoms with Gasteiger partial charge in [-0.25, -0.2) is 9.97 Å². The summed E-state index contributed by atoms with van der Waals surface area (Å²) in [6, 6.07) is 17.1. The van der Waals surface area contributed by atoms with Crippen LogP contribution < -0.4 is 4.90 Å². The van der Waals surface area contributed by atoms with Gasteiger partial charge in [0.2, 0.25) is 5.91 Å². The molecule has 2 unspecified atom stereocenters. The fraction of sp³-hybridized carbons (Fsp3) is 0.130. The van der Waals surface area contributed by atoms with Crippen molar-refractivity contribution in [3.05, 3.63) is 75.9 Å². The Balaban J connectivity index is 1.45. The molecule has 0 saturated carbocycles. The Morgan fingerprint density at radius 1 is 1.00 bits per heavy atom. The number of aromatic nitrogens is 2. The van der Waals surface area contributed by atoms with Crippen LogP contribution >= 0.6 is 46.0 Å². The molecule has 2 aromatic heterocycles. The van der Waals surface area contributed by atoms with Crippen molar-refractivity contribution in [3.8, 4) is 22.0 Å². The maximum atomic E-state index is 13.2. The van der Waals surface area contributed by atoms with E-state index in [1.165, 1.54) is 34.4 Å². The maximum absolute atomic E-state index is 13.2. The van der Waals surface area contributed by atoms with Gasteiger partial charge in [0, 0.05) is 21.3 Å². The summed E-state index contributed by atoms with van der Waals surface area (Å²) in [5.74, 6) is -1.23. The Kier molecular flexibility index (Phi) is 6.20. The van der Waals surface area contributed by atoms with Crippen LogP contribution in [0.1, 0.15) is 17.4 Å². The molecule has 6 nitrogen and oxygen atoms in total. The monoisotopic (exact) mass is 513 g/mol. The van der Waals surface area contributed by atoms with Gasteiger partial charge in [-0.3, -0.25) is 14.5 Å². The number of thiazole rings is 2. The summed E-state index contributed by atoms with van der Waals surface area (Å²) in [6.07, 6.45) is -0.224. The van der Waals surface area contributed by atoms with E-state index in [9.17, 15) is 14.7 Å². The van der Waals surface area contributed by atoms with Crippen molar-refractivity contribution in [2.75, 3.05) is 4.90 Å². The Morgan fingerprint density at radius 2 is 1.73 bits per heavy atom. The van der Waals surface area contributed by atoms with Gasteiger partial charge in [-0.1, -0.05) is 54.1 Å². The Bertz CT molecular complexity index is 1310. The molecule has 1 aliphatic rings. The number of amides is 1. The van der Waals surface area contributed by atoms with Gasteiger partial charge in [-0.2, -0.15) is 0 Å². The molecule has 1 amide bonds. The third-order valence-corrected chi connectivity index (χ3v) is 8.44. The molecule has 2 atom stereocenters. The number of carbonyl (C=O) groups is 2. The number of nitrogens with zero attached hydrogens (tertiary/aromatic N) is 3. The molecule has 2 aromatic carbocycles. The Labute approximate surface area is 206 Å². The SMILES string of the molecule is O=C(O)CC1SC(c2ccccc2)N(c2nc(-c3nc(-c4ccc(Cl)cc4)cs3)cs2)C1=O. The molecule has 1 fully saturated rings. The van der Waals surface area contributed by atoms with Gasteiger partial charge < -0.3 is 5.11 Å². The second kappa shape index (κ2) is 9.26. The van der Waals surface area contributed by atoms with Crippen LogP contribution in [-0.2, 0) is 9.59 Å². The third-order valence-electron chi connectivity index (χ3n) is 5.05. The van der Waals surface area contributed by atoms with Crippen molar-refractivity contribution < 1.29 is 14.7 Å². The lowest BCUT2D eigenvalue weighted by Crippen LogP contribution is -2.31. The van der Waals surface area contributed by atoms with Crippen molar-refractivity contribution in [2.24, 2.45) is 0 Å². The van der Waals surface area contributed by atoms with Gasteiger partial charge in [0.15, 0.2) is 5.13 Å². The van der Waals surface area contributed by atoms with E-state index in [2.05, 4.69) is 0 Å². The number of carboxylic acids is 1. The summed E-state index contributed by atoms with van der Waals surface area (Å²) in [5, 5.41) is 14.1. The lowest BCUT2D eigenvalue weighted by molar-refractivity contribution is -0.138. The van der Waals surface area contributed by atoms with Crippen LogP contribution in [0.2, 0.25) is 5.02 Å². The molecule has 4 aromatic rings. The van der Waals surface area contributed by atoms with Crippen molar-refractivity contribution >= 4 is 63.0 Å². The van der Waals surface area contributed by atoms with Crippen LogP contribution in [-0.4, -0.2) is 32.2 Å². The first-order chi connectivity index (χ1) is 16.0. The highest BCUT2D eigenvalue weighted by Gasteiger charge is 2.44. The molecule has 0 aliphatic carbocycles. The van der Waals surface area contributed by atoms with Gasteiger partial charge in [-0.05, 0) is 17.7 Å². The van der Waals surface area contributed by atoms with Gasteiger partial charge in [0.1, 0.15) is 16.1 Å². The average Bonchev–Trinajstić information content (AvgIpc) is 3.54. The van der Waals surface area contributed by atoms with Crippen molar-refractivity contribution in [3.63, 3.8) is 0 Å². The minimum absolute atomic E-state index is 0.224. The second-order valence-corrected chi connectivity index (χ2v) is 10.7. The van der Waals surface area contributed by atoms with Crippen LogP contribution in [0.4, 0.5) is 5.13 Å². The number of carbonyl (C=O) groups excluding carboxylic acids is 1. The zero-order chi connectivity index (χ0) is 22.9. The molecule has 1 saturated heterocycles. The summed E-state index contributed by atoms with van der Waals surface area (Å²) in [5.41, 5.74) is 3.41. The highest BCUT2D eigenvalue weighted by atomic mass is 35.5. The van der Waals surface area contributed by atoms with E-state index < -0.39 is 11.2 Å².